The number of nitrogens with two attached hydrogens (primary N) is 1. The van der Waals surface area contributed by atoms with Crippen LogP contribution in [0.4, 0.5) is 9.39 Å². The maximum atomic E-state index is 13.2. The number of sulfonamides is 1. The fourth-order valence-corrected chi connectivity index (χ4v) is 6.18. The van der Waals surface area contributed by atoms with Crippen LogP contribution < -0.4 is 5.73 Å². The number of nitrogen functional groups attached to an aromatic ring is 1. The number of nitriles is 1. The zero-order valence-electron chi connectivity index (χ0n) is 15.1. The van der Waals surface area contributed by atoms with Gasteiger partial charge < -0.3 is 10.9 Å². The van der Waals surface area contributed by atoms with Crippen molar-refractivity contribution in [3.05, 3.63) is 46.1 Å². The van der Waals surface area contributed by atoms with Gasteiger partial charge in [0.1, 0.15) is 15.7 Å². The first-order valence-corrected chi connectivity index (χ1v) is 10.8. The molecule has 0 amide bonds. The van der Waals surface area contributed by atoms with Crippen LogP contribution in [-0.4, -0.2) is 37.2 Å². The van der Waals surface area contributed by atoms with Crippen molar-refractivity contribution < 1.29 is 18.0 Å². The molecule has 0 fully saturated rings. The Balaban J connectivity index is 1.94. The van der Waals surface area contributed by atoms with Gasteiger partial charge in [-0.25, -0.2) is 17.1 Å². The van der Waals surface area contributed by atoms with Gasteiger partial charge in [-0.05, 0) is 37.0 Å². The zero-order valence-corrected chi connectivity index (χ0v) is 16.7. The Morgan fingerprint density at radius 1 is 1.43 bits per heavy atom. The first-order valence-electron chi connectivity index (χ1n) is 8.53. The lowest BCUT2D eigenvalue weighted by molar-refractivity contribution is 0.317. The highest BCUT2D eigenvalue weighted by Crippen LogP contribution is 2.45. The van der Waals surface area contributed by atoms with E-state index in [1.807, 2.05) is 0 Å². The third-order valence-electron chi connectivity index (χ3n) is 4.78. The molecule has 2 aromatic rings. The number of rotatable bonds is 5. The monoisotopic (exact) mass is 422 g/mol. The summed E-state index contributed by atoms with van der Waals surface area (Å²) >= 11 is 1.02. The second-order valence-corrected chi connectivity index (χ2v) is 9.54. The number of nitrogens with zero attached hydrogens (tertiary/aromatic N) is 3. The van der Waals surface area contributed by atoms with Crippen LogP contribution in [0.3, 0.4) is 0 Å². The molecular formula is C18H19FN4O3S2. The van der Waals surface area contributed by atoms with E-state index in [9.17, 15) is 23.3 Å². The standard InChI is InChI=1S/C18H19FN4O3S2/c1-23(9-8-11-2-5-13(19)6-3-11)28(25,26)17-15-12(10-20)4-7-14(22-24)16(15)27-18(17)21/h2-3,5-6,12,24H,4,7-9,21H2,1H3/b22-14-. The van der Waals surface area contributed by atoms with Gasteiger partial charge in [-0.15, -0.1) is 11.3 Å². The second kappa shape index (κ2) is 7.87. The number of benzene rings is 1. The Kier molecular flexibility index (Phi) is 5.69. The molecule has 3 N–H and O–H groups in total. The molecule has 7 nitrogen and oxygen atoms in total. The van der Waals surface area contributed by atoms with Gasteiger partial charge in [0.05, 0.1) is 22.6 Å². The molecule has 1 atom stereocenters. The minimum Gasteiger partial charge on any atom is -0.411 e. The first kappa shape index (κ1) is 20.3. The lowest BCUT2D eigenvalue weighted by atomic mass is 9.87. The Morgan fingerprint density at radius 3 is 2.71 bits per heavy atom. The van der Waals surface area contributed by atoms with Crippen molar-refractivity contribution in [2.24, 2.45) is 5.16 Å². The van der Waals surface area contributed by atoms with E-state index in [-0.39, 0.29) is 22.3 Å². The van der Waals surface area contributed by atoms with Gasteiger partial charge >= 0.3 is 0 Å². The Morgan fingerprint density at radius 2 is 2.11 bits per heavy atom. The Labute approximate surface area is 166 Å². The molecule has 0 radical (unpaired) electrons. The van der Waals surface area contributed by atoms with Crippen LogP contribution in [0, 0.1) is 17.1 Å². The van der Waals surface area contributed by atoms with E-state index in [4.69, 9.17) is 5.73 Å². The second-order valence-electron chi connectivity index (χ2n) is 6.51. The van der Waals surface area contributed by atoms with Crippen LogP contribution >= 0.6 is 11.3 Å². The van der Waals surface area contributed by atoms with Crippen LogP contribution in [0.1, 0.15) is 34.8 Å². The van der Waals surface area contributed by atoms with Gasteiger partial charge in [-0.1, -0.05) is 17.3 Å². The Hall–Kier alpha value is -2.48. The molecule has 148 valence electrons. The molecule has 0 bridgehead atoms. The van der Waals surface area contributed by atoms with E-state index >= 15 is 0 Å². The number of hydrogen-bond acceptors (Lipinski definition) is 7. The van der Waals surface area contributed by atoms with E-state index in [1.165, 1.54) is 23.5 Å². The molecule has 28 heavy (non-hydrogen) atoms. The molecular weight excluding hydrogens is 403 g/mol. The molecule has 3 rings (SSSR count). The fourth-order valence-electron chi connectivity index (χ4n) is 3.22. The lowest BCUT2D eigenvalue weighted by Gasteiger charge is -2.22. The average molecular weight is 423 g/mol. The van der Waals surface area contributed by atoms with Gasteiger partial charge in [-0.2, -0.15) is 5.26 Å². The molecule has 0 saturated carbocycles. The summed E-state index contributed by atoms with van der Waals surface area (Å²) in [6, 6.07) is 7.98. The smallest absolute Gasteiger partial charge is 0.246 e. The maximum Gasteiger partial charge on any atom is 0.246 e. The molecule has 10 heteroatoms. The summed E-state index contributed by atoms with van der Waals surface area (Å²) < 4.78 is 40.6. The lowest BCUT2D eigenvalue weighted by Crippen LogP contribution is -2.30. The molecule has 1 heterocycles. The minimum absolute atomic E-state index is 0.0712. The van der Waals surface area contributed by atoms with Crippen molar-refractivity contribution >= 4 is 32.1 Å². The van der Waals surface area contributed by atoms with Gasteiger partial charge in [0.15, 0.2) is 0 Å². The number of hydrogen-bond donors (Lipinski definition) is 2. The third kappa shape index (κ3) is 3.61. The van der Waals surface area contributed by atoms with Crippen molar-refractivity contribution in [3.8, 4) is 6.07 Å². The van der Waals surface area contributed by atoms with Crippen molar-refractivity contribution in [3.63, 3.8) is 0 Å². The summed E-state index contributed by atoms with van der Waals surface area (Å²) in [5, 5.41) is 22.0. The van der Waals surface area contributed by atoms with Crippen molar-refractivity contribution in [2.45, 2.75) is 30.1 Å². The molecule has 1 aromatic heterocycles. The molecule has 0 spiro atoms. The predicted molar refractivity (Wildman–Crippen MR) is 105 cm³/mol. The summed E-state index contributed by atoms with van der Waals surface area (Å²) in [5.41, 5.74) is 7.49. The van der Waals surface area contributed by atoms with Gasteiger partial charge in [-0.3, -0.25) is 0 Å². The zero-order chi connectivity index (χ0) is 20.5. The average Bonchev–Trinajstić information content (AvgIpc) is 3.04. The summed E-state index contributed by atoms with van der Waals surface area (Å²) in [7, 11) is -2.53. The van der Waals surface area contributed by atoms with Crippen LogP contribution in [0.5, 0.6) is 0 Å². The highest BCUT2D eigenvalue weighted by Gasteiger charge is 2.38. The highest BCUT2D eigenvalue weighted by molar-refractivity contribution is 7.89. The van der Waals surface area contributed by atoms with Crippen molar-refractivity contribution in [1.29, 1.82) is 5.26 Å². The molecule has 1 aliphatic rings. The van der Waals surface area contributed by atoms with Gasteiger partial charge in [0.2, 0.25) is 10.0 Å². The molecule has 1 aromatic carbocycles. The molecule has 1 aliphatic carbocycles. The van der Waals surface area contributed by atoms with E-state index in [1.54, 1.807) is 12.1 Å². The van der Waals surface area contributed by atoms with Gasteiger partial charge in [0.25, 0.3) is 0 Å². The SMILES string of the molecule is CN(CCc1ccc(F)cc1)S(=O)(=O)c1c(N)sc2c1C(C#N)CC/C2=N/O. The number of likely N-dealkylation sites (N-methyl/N-ethyl adjacent to an activating group) is 1. The summed E-state index contributed by atoms with van der Waals surface area (Å²) in [6.07, 6.45) is 1.13. The van der Waals surface area contributed by atoms with Crippen LogP contribution in [0.25, 0.3) is 0 Å². The molecule has 1 unspecified atom stereocenters. The summed E-state index contributed by atoms with van der Waals surface area (Å²) in [5.74, 6) is -0.990. The first-order chi connectivity index (χ1) is 13.3. The van der Waals surface area contributed by atoms with Crippen molar-refractivity contribution in [1.82, 2.24) is 4.31 Å². The topological polar surface area (TPSA) is 120 Å². The quantitative estimate of drug-likeness (QED) is 0.567. The number of halogens is 1. The Bertz CT molecular complexity index is 1060. The molecule has 0 saturated heterocycles. The largest absolute Gasteiger partial charge is 0.411 e. The maximum absolute atomic E-state index is 13.2. The fraction of sp³-hybridized carbons (Fsp3) is 0.333. The number of thiophene rings is 1. The minimum atomic E-state index is -3.96. The van der Waals surface area contributed by atoms with E-state index < -0.39 is 15.9 Å². The van der Waals surface area contributed by atoms with E-state index in [0.717, 1.165) is 16.9 Å². The number of fused-ring (bicyclic) bond motifs is 1. The van der Waals surface area contributed by atoms with E-state index in [0.29, 0.717) is 35.4 Å². The molecule has 0 aliphatic heterocycles. The van der Waals surface area contributed by atoms with Crippen LogP contribution in [-0.2, 0) is 16.4 Å². The summed E-state index contributed by atoms with van der Waals surface area (Å²) in [6.45, 7) is 0.163. The van der Waals surface area contributed by atoms with Gasteiger partial charge in [0, 0.05) is 19.2 Å². The number of oxime groups is 1. The number of anilines is 1. The third-order valence-corrected chi connectivity index (χ3v) is 7.95. The normalized spacial score (nSPS) is 18.2. The van der Waals surface area contributed by atoms with Crippen molar-refractivity contribution in [2.75, 3.05) is 19.3 Å². The van der Waals surface area contributed by atoms with E-state index in [2.05, 4.69) is 11.2 Å². The van der Waals surface area contributed by atoms with Crippen LogP contribution in [0.2, 0.25) is 0 Å². The summed E-state index contributed by atoms with van der Waals surface area (Å²) in [4.78, 5) is 0.366. The van der Waals surface area contributed by atoms with Crippen LogP contribution in [0.15, 0.2) is 34.3 Å². The highest BCUT2D eigenvalue weighted by atomic mass is 32.2. The predicted octanol–water partition coefficient (Wildman–Crippen LogP) is 2.91.